The molecule has 7 rings (SSSR count). The standard InChI is InChI=1S/C37H32FN7O/c1-26-39-19-20-43(26)35-17-15-27(21-32(35)38)23-40-37(46)18-16-29-11-5-8-14-34(29)45-25-31(41-42-45)24-44-33-13-7-6-12-30(33)22-36(44)28-9-3-2-4-10-28/h2-15,17,19-22,25H,16,18,23-24H2,1H3,(H,40,46). The topological polar surface area (TPSA) is 82.6 Å². The molecule has 0 aliphatic rings. The summed E-state index contributed by atoms with van der Waals surface area (Å²) in [5, 5.41) is 13.1. The van der Waals surface area contributed by atoms with Crippen molar-refractivity contribution in [3.8, 4) is 22.6 Å². The van der Waals surface area contributed by atoms with Gasteiger partial charge in [-0.3, -0.25) is 4.79 Å². The Morgan fingerprint density at radius 3 is 2.52 bits per heavy atom. The van der Waals surface area contributed by atoms with Gasteiger partial charge in [-0.2, -0.15) is 0 Å². The van der Waals surface area contributed by atoms with Crippen LogP contribution in [-0.2, 0) is 24.3 Å². The van der Waals surface area contributed by atoms with E-state index >= 15 is 0 Å². The van der Waals surface area contributed by atoms with Crippen molar-refractivity contribution < 1.29 is 9.18 Å². The maximum Gasteiger partial charge on any atom is 0.220 e. The highest BCUT2D eigenvalue weighted by molar-refractivity contribution is 5.87. The molecule has 1 N–H and O–H groups in total. The average Bonchev–Trinajstić information content (AvgIpc) is 3.83. The molecule has 0 saturated heterocycles. The molecule has 0 radical (unpaired) electrons. The van der Waals surface area contributed by atoms with Gasteiger partial charge in [-0.1, -0.05) is 78.0 Å². The molecule has 0 atom stereocenters. The molecule has 7 aromatic rings. The van der Waals surface area contributed by atoms with Crippen LogP contribution in [0.2, 0.25) is 0 Å². The molecule has 228 valence electrons. The summed E-state index contributed by atoms with van der Waals surface area (Å²) in [5.74, 6) is 0.223. The van der Waals surface area contributed by atoms with E-state index in [1.54, 1.807) is 27.7 Å². The number of rotatable bonds is 10. The summed E-state index contributed by atoms with van der Waals surface area (Å²) in [6.45, 7) is 2.62. The lowest BCUT2D eigenvalue weighted by Gasteiger charge is -2.11. The Morgan fingerprint density at radius 2 is 1.70 bits per heavy atom. The predicted octanol–water partition coefficient (Wildman–Crippen LogP) is 6.82. The number of carbonyl (C=O) groups excluding carboxylic acids is 1. The summed E-state index contributed by atoms with van der Waals surface area (Å²) in [5.41, 5.74) is 7.20. The van der Waals surface area contributed by atoms with Gasteiger partial charge >= 0.3 is 0 Å². The molecule has 0 bridgehead atoms. The largest absolute Gasteiger partial charge is 0.352 e. The van der Waals surface area contributed by atoms with Crippen molar-refractivity contribution in [2.45, 2.75) is 32.9 Å². The first kappa shape index (κ1) is 28.9. The van der Waals surface area contributed by atoms with E-state index in [0.29, 0.717) is 30.0 Å². The van der Waals surface area contributed by atoms with E-state index < -0.39 is 0 Å². The molecule has 0 fully saturated rings. The van der Waals surface area contributed by atoms with Gasteiger partial charge in [0.2, 0.25) is 5.91 Å². The van der Waals surface area contributed by atoms with Crippen LogP contribution >= 0.6 is 0 Å². The number of benzene rings is 4. The van der Waals surface area contributed by atoms with Crippen LogP contribution in [0, 0.1) is 12.7 Å². The van der Waals surface area contributed by atoms with Crippen molar-refractivity contribution in [2.75, 3.05) is 0 Å². The van der Waals surface area contributed by atoms with Crippen molar-refractivity contribution in [2.24, 2.45) is 0 Å². The number of amides is 1. The third-order valence-electron chi connectivity index (χ3n) is 8.19. The maximum atomic E-state index is 14.8. The zero-order chi connectivity index (χ0) is 31.5. The molecule has 9 heteroatoms. The Kier molecular flexibility index (Phi) is 7.95. The molecule has 3 heterocycles. The minimum absolute atomic E-state index is 0.114. The first-order chi connectivity index (χ1) is 22.5. The summed E-state index contributed by atoms with van der Waals surface area (Å²) < 4.78 is 20.5. The van der Waals surface area contributed by atoms with Crippen molar-refractivity contribution in [3.05, 3.63) is 150 Å². The SMILES string of the molecule is Cc1nccn1-c1ccc(CNC(=O)CCc2ccccc2-n2cc(Cn3c(-c4ccccc4)cc4ccccc43)nn2)cc1F. The van der Waals surface area contributed by atoms with Gasteiger partial charge in [0, 0.05) is 42.0 Å². The Labute approximate surface area is 265 Å². The molecule has 0 unspecified atom stereocenters. The van der Waals surface area contributed by atoms with Gasteiger partial charge < -0.3 is 14.5 Å². The Bertz CT molecular complexity index is 2140. The van der Waals surface area contributed by atoms with Crippen LogP contribution in [0.5, 0.6) is 0 Å². The molecule has 0 aliphatic carbocycles. The smallest absolute Gasteiger partial charge is 0.220 e. The molecule has 46 heavy (non-hydrogen) atoms. The molecule has 0 aliphatic heterocycles. The fourth-order valence-corrected chi connectivity index (χ4v) is 5.85. The number of hydrogen-bond donors (Lipinski definition) is 1. The zero-order valence-electron chi connectivity index (χ0n) is 25.3. The Balaban J connectivity index is 1.03. The summed E-state index contributed by atoms with van der Waals surface area (Å²) in [6, 6.07) is 33.8. The second kappa shape index (κ2) is 12.6. The lowest BCUT2D eigenvalue weighted by molar-refractivity contribution is -0.121. The molecular formula is C37H32FN7O. The van der Waals surface area contributed by atoms with E-state index in [2.05, 4.69) is 67.6 Å². The predicted molar refractivity (Wildman–Crippen MR) is 176 cm³/mol. The van der Waals surface area contributed by atoms with Gasteiger partial charge in [-0.05, 0) is 60.4 Å². The van der Waals surface area contributed by atoms with Gasteiger partial charge in [0.1, 0.15) is 17.3 Å². The van der Waals surface area contributed by atoms with Crippen LogP contribution < -0.4 is 5.32 Å². The lowest BCUT2D eigenvalue weighted by atomic mass is 10.1. The second-order valence-electron chi connectivity index (χ2n) is 11.2. The van der Waals surface area contributed by atoms with E-state index in [4.69, 9.17) is 0 Å². The summed E-state index contributed by atoms with van der Waals surface area (Å²) in [7, 11) is 0. The maximum absolute atomic E-state index is 14.8. The molecule has 8 nitrogen and oxygen atoms in total. The van der Waals surface area contributed by atoms with Gasteiger partial charge in [0.05, 0.1) is 24.1 Å². The molecule has 4 aromatic carbocycles. The molecular weight excluding hydrogens is 577 g/mol. The highest BCUT2D eigenvalue weighted by atomic mass is 19.1. The lowest BCUT2D eigenvalue weighted by Crippen LogP contribution is -2.23. The fourth-order valence-electron chi connectivity index (χ4n) is 5.85. The number of imidazole rings is 1. The van der Waals surface area contributed by atoms with Gasteiger partial charge in [0.25, 0.3) is 0 Å². The number of aryl methyl sites for hydroxylation is 2. The van der Waals surface area contributed by atoms with Gasteiger partial charge in [-0.25, -0.2) is 14.1 Å². The van der Waals surface area contributed by atoms with Crippen molar-refractivity contribution >= 4 is 16.8 Å². The number of nitrogens with one attached hydrogen (secondary N) is 1. The van der Waals surface area contributed by atoms with E-state index in [1.807, 2.05) is 61.7 Å². The molecule has 0 saturated carbocycles. The van der Waals surface area contributed by atoms with E-state index in [-0.39, 0.29) is 24.7 Å². The minimum Gasteiger partial charge on any atom is -0.352 e. The van der Waals surface area contributed by atoms with Gasteiger partial charge in [0.15, 0.2) is 0 Å². The highest BCUT2D eigenvalue weighted by Gasteiger charge is 2.15. The van der Waals surface area contributed by atoms with Crippen LogP contribution in [0.1, 0.15) is 29.1 Å². The quantitative estimate of drug-likeness (QED) is 0.185. The monoisotopic (exact) mass is 609 g/mol. The highest BCUT2D eigenvalue weighted by Crippen LogP contribution is 2.29. The first-order valence-corrected chi connectivity index (χ1v) is 15.2. The third-order valence-corrected chi connectivity index (χ3v) is 8.19. The first-order valence-electron chi connectivity index (χ1n) is 15.2. The number of fused-ring (bicyclic) bond motifs is 1. The Morgan fingerprint density at radius 1 is 0.891 bits per heavy atom. The fraction of sp³-hybridized carbons (Fsp3) is 0.135. The second-order valence-corrected chi connectivity index (χ2v) is 11.2. The summed E-state index contributed by atoms with van der Waals surface area (Å²) in [4.78, 5) is 17.0. The van der Waals surface area contributed by atoms with Crippen LogP contribution in [0.4, 0.5) is 4.39 Å². The summed E-state index contributed by atoms with van der Waals surface area (Å²) in [6.07, 6.45) is 6.11. The van der Waals surface area contributed by atoms with Crippen LogP contribution in [-0.4, -0.2) is 35.0 Å². The number of para-hydroxylation sites is 2. The van der Waals surface area contributed by atoms with Crippen molar-refractivity contribution in [1.29, 1.82) is 0 Å². The number of hydrogen-bond acceptors (Lipinski definition) is 4. The van der Waals surface area contributed by atoms with Crippen LogP contribution in [0.25, 0.3) is 33.5 Å². The molecule has 3 aromatic heterocycles. The van der Waals surface area contributed by atoms with E-state index in [0.717, 1.165) is 33.7 Å². The number of aromatic nitrogens is 6. The average molecular weight is 610 g/mol. The normalized spacial score (nSPS) is 11.3. The Hall–Kier alpha value is -5.83. The third kappa shape index (κ3) is 5.95. The van der Waals surface area contributed by atoms with Gasteiger partial charge in [-0.15, -0.1) is 5.10 Å². The van der Waals surface area contributed by atoms with E-state index in [9.17, 15) is 9.18 Å². The van der Waals surface area contributed by atoms with Crippen LogP contribution in [0.15, 0.2) is 122 Å². The molecule has 0 spiro atoms. The number of nitrogens with zero attached hydrogens (tertiary/aromatic N) is 6. The van der Waals surface area contributed by atoms with Crippen molar-refractivity contribution in [1.82, 2.24) is 34.4 Å². The minimum atomic E-state index is -0.366. The van der Waals surface area contributed by atoms with Crippen LogP contribution in [0.3, 0.4) is 0 Å². The van der Waals surface area contributed by atoms with E-state index in [1.165, 1.54) is 11.5 Å². The van der Waals surface area contributed by atoms with Crippen molar-refractivity contribution in [3.63, 3.8) is 0 Å². The zero-order valence-corrected chi connectivity index (χ0v) is 25.3. The number of halogens is 1. The number of carbonyl (C=O) groups is 1. The molecule has 1 amide bonds. The summed E-state index contributed by atoms with van der Waals surface area (Å²) >= 11 is 0.